The lowest BCUT2D eigenvalue weighted by Crippen LogP contribution is -2.46. The van der Waals surface area contributed by atoms with Crippen molar-refractivity contribution in [2.24, 2.45) is 0 Å². The highest BCUT2D eigenvalue weighted by Crippen LogP contribution is 2.48. The van der Waals surface area contributed by atoms with Gasteiger partial charge in [0.2, 0.25) is 0 Å². The molecule has 3 amide bonds. The van der Waals surface area contributed by atoms with E-state index < -0.39 is 40.7 Å². The van der Waals surface area contributed by atoms with Gasteiger partial charge in [-0.3, -0.25) is 20.3 Å². The van der Waals surface area contributed by atoms with Gasteiger partial charge in [-0.1, -0.05) is 107 Å². The van der Waals surface area contributed by atoms with Crippen molar-refractivity contribution in [1.29, 1.82) is 0 Å². The van der Waals surface area contributed by atoms with E-state index >= 15 is 0 Å². The van der Waals surface area contributed by atoms with Crippen LogP contribution in [0, 0.1) is 0 Å². The van der Waals surface area contributed by atoms with Crippen LogP contribution in [-0.2, 0) is 18.3 Å². The van der Waals surface area contributed by atoms with Crippen molar-refractivity contribution in [1.82, 2.24) is 9.80 Å². The SMILES string of the molecule is C=C1C[C@@H](CO[Si](C)(C)C(C)(C)C)N(C(=O)c2cc(OC)c(OCCCCCOc3cc(NC(=O)OCC4(SSCC)CCCC4)c(C(O)N4CC(=C)C[C@H]4CO[Si](C)(C)C(C)(C)C)cc3OC)cc2NC(=O)OC(C)(C)C)C1. The Kier molecular flexibility index (Phi) is 23.3. The first-order valence-electron chi connectivity index (χ1n) is 28.1. The number of likely N-dealkylation sites (tertiary alicyclic amines) is 2. The van der Waals surface area contributed by atoms with Gasteiger partial charge >= 0.3 is 12.2 Å². The highest BCUT2D eigenvalue weighted by Gasteiger charge is 2.43. The highest BCUT2D eigenvalue weighted by molar-refractivity contribution is 8.77. The minimum absolute atomic E-state index is 0.00394. The summed E-state index contributed by atoms with van der Waals surface area (Å²) < 4.78 is 49.1. The molecule has 3 atom stereocenters. The molecular weight excluding hydrogens is 1080 g/mol. The van der Waals surface area contributed by atoms with Crippen LogP contribution >= 0.6 is 21.6 Å². The van der Waals surface area contributed by atoms with Crippen molar-refractivity contribution in [3.05, 3.63) is 59.7 Å². The number of carbonyl (C=O) groups is 3. The van der Waals surface area contributed by atoms with E-state index in [1.54, 1.807) is 67.8 Å². The monoisotopic (exact) mass is 1170 g/mol. The number of aliphatic hydroxyl groups is 1. The zero-order valence-corrected chi connectivity index (χ0v) is 54.3. The highest BCUT2D eigenvalue weighted by atomic mass is 33.1. The van der Waals surface area contributed by atoms with Crippen molar-refractivity contribution in [3.8, 4) is 23.0 Å². The third-order valence-corrected chi connectivity index (χ3v) is 28.2. The first kappa shape index (κ1) is 65.9. The van der Waals surface area contributed by atoms with Crippen LogP contribution in [0.15, 0.2) is 48.6 Å². The molecule has 2 aromatic rings. The summed E-state index contributed by atoms with van der Waals surface area (Å²) in [4.78, 5) is 45.3. The van der Waals surface area contributed by atoms with Crippen LogP contribution < -0.4 is 29.6 Å². The van der Waals surface area contributed by atoms with Gasteiger partial charge in [0.15, 0.2) is 39.6 Å². The maximum absolute atomic E-state index is 14.6. The lowest BCUT2D eigenvalue weighted by Gasteiger charge is -2.38. The fourth-order valence-electron chi connectivity index (χ4n) is 9.22. The topological polar surface area (TPSA) is 176 Å². The summed E-state index contributed by atoms with van der Waals surface area (Å²) in [5.74, 6) is 2.14. The van der Waals surface area contributed by atoms with E-state index in [-0.39, 0.29) is 50.7 Å². The number of nitrogens with one attached hydrogen (secondary N) is 2. The van der Waals surface area contributed by atoms with E-state index in [4.69, 9.17) is 37.3 Å². The summed E-state index contributed by atoms with van der Waals surface area (Å²) in [7, 11) is 2.44. The molecule has 1 saturated carbocycles. The van der Waals surface area contributed by atoms with E-state index in [0.717, 1.165) is 42.6 Å². The summed E-state index contributed by atoms with van der Waals surface area (Å²) in [6, 6.07) is 6.28. The molecule has 5 rings (SSSR count). The van der Waals surface area contributed by atoms with E-state index in [1.165, 1.54) is 7.11 Å². The standard InChI is InChI=1S/C59H96N4O12S2Si2/c1-19-76-77-59(25-21-22-26-59)39-72-54(66)60-46-33-50(48(68-13)31-44(46)52(64)62-35-40(2)29-42(62)37-73-78(15,16)57(7,8)9)70-27-23-20-24-28-71-51-34-47(61-55(67)75-56(4,5)6)45(32-49(51)69-14)53(65)63-36-41(3)30-43(63)38-74-79(17,18)58(10,11)12/h31-34,42-43,52,64H,2-3,19-30,35-39H2,1,4-18H3,(H,60,66)(H,61,67)/t42-,43-,52?/m0/s1. The zero-order valence-electron chi connectivity index (χ0n) is 50.6. The largest absolute Gasteiger partial charge is 0.493 e. The minimum atomic E-state index is -2.12. The third kappa shape index (κ3) is 18.3. The van der Waals surface area contributed by atoms with Crippen molar-refractivity contribution >= 4 is 67.7 Å². The summed E-state index contributed by atoms with van der Waals surface area (Å²) in [6.07, 6.45) is 4.96. The Bertz CT molecular complexity index is 2430. The summed E-state index contributed by atoms with van der Waals surface area (Å²) in [5.41, 5.74) is 2.37. The number of benzene rings is 2. The quantitative estimate of drug-likeness (QED) is 0.0351. The molecule has 1 aliphatic carbocycles. The number of hydrogen-bond donors (Lipinski definition) is 3. The van der Waals surface area contributed by atoms with Gasteiger partial charge in [0, 0.05) is 49.2 Å². The number of unbranched alkanes of at least 4 members (excludes halogenated alkanes) is 2. The molecule has 3 N–H and O–H groups in total. The van der Waals surface area contributed by atoms with Gasteiger partial charge < -0.3 is 47.3 Å². The molecule has 0 spiro atoms. The van der Waals surface area contributed by atoms with E-state index in [0.29, 0.717) is 106 Å². The van der Waals surface area contributed by atoms with Gasteiger partial charge in [-0.2, -0.15) is 0 Å². The van der Waals surface area contributed by atoms with Crippen LogP contribution in [0.5, 0.6) is 23.0 Å². The molecule has 16 nitrogen and oxygen atoms in total. The predicted octanol–water partition coefficient (Wildman–Crippen LogP) is 14.4. The van der Waals surface area contributed by atoms with Crippen LogP contribution in [0.3, 0.4) is 0 Å². The molecule has 0 bridgehead atoms. The van der Waals surface area contributed by atoms with Gasteiger partial charge in [0.25, 0.3) is 5.91 Å². The summed E-state index contributed by atoms with van der Waals surface area (Å²) in [6.45, 7) is 40.5. The molecule has 1 unspecified atom stereocenters. The Hall–Kier alpha value is -3.90. The summed E-state index contributed by atoms with van der Waals surface area (Å²) >= 11 is 0. The number of anilines is 2. The van der Waals surface area contributed by atoms with Gasteiger partial charge in [-0.25, -0.2) is 9.59 Å². The Morgan fingerprint density at radius 3 is 1.80 bits per heavy atom. The van der Waals surface area contributed by atoms with Crippen LogP contribution in [-0.4, -0.2) is 138 Å². The number of methoxy groups -OCH3 is 2. The zero-order chi connectivity index (χ0) is 58.7. The third-order valence-electron chi connectivity index (χ3n) is 15.9. The number of aliphatic hydroxyl groups excluding tert-OH is 1. The number of nitrogens with zero attached hydrogens (tertiary/aromatic N) is 2. The molecule has 20 heteroatoms. The molecule has 2 aromatic carbocycles. The van der Waals surface area contributed by atoms with Gasteiger partial charge in [0.1, 0.15) is 18.4 Å². The van der Waals surface area contributed by atoms with Crippen molar-refractivity contribution in [2.75, 3.05) is 76.7 Å². The first-order valence-corrected chi connectivity index (χ1v) is 36.3. The number of carbonyl (C=O) groups excluding carboxylic acids is 3. The maximum atomic E-state index is 14.6. The van der Waals surface area contributed by atoms with Crippen molar-refractivity contribution < 1.29 is 56.8 Å². The predicted molar refractivity (Wildman–Crippen MR) is 327 cm³/mol. The summed E-state index contributed by atoms with van der Waals surface area (Å²) in [5, 5.41) is 18.1. The molecule has 2 saturated heterocycles. The Morgan fingerprint density at radius 1 is 0.734 bits per heavy atom. The van der Waals surface area contributed by atoms with Crippen LogP contribution in [0.2, 0.25) is 36.3 Å². The normalized spacial score (nSPS) is 18.6. The number of hydrogen-bond acceptors (Lipinski definition) is 15. The van der Waals surface area contributed by atoms with Crippen LogP contribution in [0.4, 0.5) is 21.0 Å². The Morgan fingerprint density at radius 2 is 1.25 bits per heavy atom. The Balaban J connectivity index is 1.30. The number of amides is 3. The van der Waals surface area contributed by atoms with Crippen LogP contribution in [0.25, 0.3) is 0 Å². The molecule has 0 radical (unpaired) electrons. The van der Waals surface area contributed by atoms with Crippen molar-refractivity contribution in [3.63, 3.8) is 0 Å². The second-order valence-electron chi connectivity index (χ2n) is 25.4. The maximum Gasteiger partial charge on any atom is 0.412 e. The smallest absolute Gasteiger partial charge is 0.412 e. The second kappa shape index (κ2) is 27.9. The van der Waals surface area contributed by atoms with Crippen molar-refractivity contribution in [2.45, 2.75) is 192 Å². The molecule has 3 fully saturated rings. The molecule has 79 heavy (non-hydrogen) atoms. The Labute approximate surface area is 483 Å². The first-order chi connectivity index (χ1) is 36.8. The average molecular weight is 1170 g/mol. The fourth-order valence-corrected chi connectivity index (χ4v) is 14.0. The number of rotatable bonds is 26. The average Bonchev–Trinajstić information content (AvgIpc) is 4.11. The van der Waals surface area contributed by atoms with Gasteiger partial charge in [0.05, 0.1) is 61.8 Å². The second-order valence-corrected chi connectivity index (χ2v) is 38.1. The van der Waals surface area contributed by atoms with E-state index in [1.807, 2.05) is 15.7 Å². The van der Waals surface area contributed by atoms with E-state index in [2.05, 4.69) is 98.4 Å². The molecule has 3 aliphatic rings. The lowest BCUT2D eigenvalue weighted by molar-refractivity contribution is -0.0177. The van der Waals surface area contributed by atoms with E-state index in [9.17, 15) is 19.5 Å². The number of ether oxygens (including phenoxy) is 6. The fraction of sp³-hybridized carbons (Fsp3) is 0.678. The molecule has 444 valence electrons. The molecule has 2 heterocycles. The van der Waals surface area contributed by atoms with Gasteiger partial charge in [-0.15, -0.1) is 0 Å². The lowest BCUT2D eigenvalue weighted by atomic mass is 10.1. The minimum Gasteiger partial charge on any atom is -0.493 e. The van der Waals surface area contributed by atoms with Crippen LogP contribution in [0.1, 0.15) is 149 Å². The molecule has 2 aliphatic heterocycles. The molecule has 0 aromatic heterocycles. The molecular formula is C59H96N4O12S2Si2. The van der Waals surface area contributed by atoms with Gasteiger partial charge in [-0.05, 0) is 114 Å².